The Morgan fingerprint density at radius 3 is 2.26 bits per heavy atom. The summed E-state index contributed by atoms with van der Waals surface area (Å²) in [6.07, 6.45) is 12.4. The Labute approximate surface area is 140 Å². The zero-order chi connectivity index (χ0) is 16.7. The minimum atomic E-state index is -3.22. The number of rotatable bonds is 4. The van der Waals surface area contributed by atoms with Gasteiger partial charge in [-0.05, 0) is 32.1 Å². The number of carbonyl (C=O) groups is 1. The maximum Gasteiger partial charge on any atom is 0.317 e. The highest BCUT2D eigenvalue weighted by Gasteiger charge is 2.28. The lowest BCUT2D eigenvalue weighted by atomic mass is 9.96. The van der Waals surface area contributed by atoms with E-state index in [1.165, 1.54) is 32.1 Å². The molecule has 23 heavy (non-hydrogen) atoms. The number of hydrogen-bond donors (Lipinski definition) is 2. The van der Waals surface area contributed by atoms with Crippen molar-refractivity contribution in [3.05, 3.63) is 0 Å². The molecule has 1 saturated carbocycles. The molecule has 1 aliphatic heterocycles. The second-order valence-corrected chi connectivity index (χ2v) is 8.79. The number of nitrogens with one attached hydrogen (secondary N) is 2. The van der Waals surface area contributed by atoms with Crippen LogP contribution in [0.4, 0.5) is 4.79 Å². The summed E-state index contributed by atoms with van der Waals surface area (Å²) in [6.45, 7) is 1.03. The van der Waals surface area contributed by atoms with Gasteiger partial charge in [-0.2, -0.15) is 0 Å². The third-order valence-corrected chi connectivity index (χ3v) is 5.59. The second-order valence-electron chi connectivity index (χ2n) is 6.96. The molecule has 134 valence electrons. The Morgan fingerprint density at radius 2 is 1.61 bits per heavy atom. The summed E-state index contributed by atoms with van der Waals surface area (Å²) in [5, 5.41) is 3.19. The van der Waals surface area contributed by atoms with Crippen LogP contribution in [0.5, 0.6) is 0 Å². The van der Waals surface area contributed by atoms with Crippen molar-refractivity contribution >= 4 is 16.1 Å². The van der Waals surface area contributed by atoms with E-state index in [-0.39, 0.29) is 18.1 Å². The van der Waals surface area contributed by atoms with E-state index in [2.05, 4.69) is 10.0 Å². The van der Waals surface area contributed by atoms with Crippen LogP contribution in [-0.2, 0) is 10.0 Å². The van der Waals surface area contributed by atoms with Crippen molar-refractivity contribution in [2.75, 3.05) is 19.3 Å². The topological polar surface area (TPSA) is 78.5 Å². The fraction of sp³-hybridized carbons (Fsp3) is 0.938. The van der Waals surface area contributed by atoms with Crippen molar-refractivity contribution in [3.8, 4) is 0 Å². The SMILES string of the molecule is CS(=O)(=O)NC[C@@H]1CCCCN1C(=O)NC1CCCCCCC1. The van der Waals surface area contributed by atoms with E-state index < -0.39 is 10.0 Å². The van der Waals surface area contributed by atoms with E-state index in [4.69, 9.17) is 0 Å². The predicted molar refractivity (Wildman–Crippen MR) is 91.8 cm³/mol. The summed E-state index contributed by atoms with van der Waals surface area (Å²) in [4.78, 5) is 14.5. The molecule has 0 radical (unpaired) electrons. The van der Waals surface area contributed by atoms with E-state index in [0.29, 0.717) is 13.1 Å². The van der Waals surface area contributed by atoms with E-state index >= 15 is 0 Å². The minimum Gasteiger partial charge on any atom is -0.335 e. The molecule has 0 aromatic rings. The van der Waals surface area contributed by atoms with Gasteiger partial charge in [-0.3, -0.25) is 0 Å². The molecule has 2 amide bonds. The molecule has 1 atom stereocenters. The molecule has 2 N–H and O–H groups in total. The number of carbonyl (C=O) groups excluding carboxylic acids is 1. The van der Waals surface area contributed by atoms with Gasteiger partial charge in [0.2, 0.25) is 10.0 Å². The molecule has 2 rings (SSSR count). The number of amides is 2. The van der Waals surface area contributed by atoms with Crippen molar-refractivity contribution < 1.29 is 13.2 Å². The fourth-order valence-electron chi connectivity index (χ4n) is 3.59. The summed E-state index contributed by atoms with van der Waals surface area (Å²) in [7, 11) is -3.22. The lowest BCUT2D eigenvalue weighted by molar-refractivity contribution is 0.147. The van der Waals surface area contributed by atoms with Crippen molar-refractivity contribution in [1.29, 1.82) is 0 Å². The van der Waals surface area contributed by atoms with Gasteiger partial charge in [-0.25, -0.2) is 17.9 Å². The molecule has 7 heteroatoms. The first-order chi connectivity index (χ1) is 11.0. The van der Waals surface area contributed by atoms with E-state index in [9.17, 15) is 13.2 Å². The summed E-state index contributed by atoms with van der Waals surface area (Å²) >= 11 is 0. The van der Waals surface area contributed by atoms with Crippen molar-refractivity contribution in [1.82, 2.24) is 14.9 Å². The van der Waals surface area contributed by atoms with Crippen LogP contribution in [0.2, 0.25) is 0 Å². The van der Waals surface area contributed by atoms with Gasteiger partial charge in [0, 0.05) is 25.2 Å². The Morgan fingerprint density at radius 1 is 1.00 bits per heavy atom. The maximum atomic E-state index is 12.6. The highest BCUT2D eigenvalue weighted by atomic mass is 32.2. The lowest BCUT2D eigenvalue weighted by Crippen LogP contribution is -2.54. The first-order valence-corrected chi connectivity index (χ1v) is 10.9. The molecule has 1 saturated heterocycles. The molecule has 0 unspecified atom stereocenters. The van der Waals surface area contributed by atoms with Crippen molar-refractivity contribution in [2.24, 2.45) is 0 Å². The van der Waals surface area contributed by atoms with Gasteiger partial charge in [-0.1, -0.05) is 32.1 Å². The van der Waals surface area contributed by atoms with Crippen LogP contribution in [0.15, 0.2) is 0 Å². The smallest absolute Gasteiger partial charge is 0.317 e. The van der Waals surface area contributed by atoms with Crippen LogP contribution >= 0.6 is 0 Å². The van der Waals surface area contributed by atoms with Crippen LogP contribution in [-0.4, -0.2) is 50.8 Å². The van der Waals surface area contributed by atoms with Gasteiger partial charge in [0.25, 0.3) is 0 Å². The fourth-order valence-corrected chi connectivity index (χ4v) is 4.08. The standard InChI is InChI=1S/C16H31N3O3S/c1-23(21,22)17-13-15-11-7-8-12-19(15)16(20)18-14-9-5-3-2-4-6-10-14/h14-15,17H,2-13H2,1H3,(H,18,20)/t15-/m0/s1. The number of piperidine rings is 1. The third-order valence-electron chi connectivity index (χ3n) is 4.90. The van der Waals surface area contributed by atoms with Crippen molar-refractivity contribution in [2.45, 2.75) is 76.3 Å². The van der Waals surface area contributed by atoms with Crippen LogP contribution in [0.3, 0.4) is 0 Å². The average molecular weight is 346 g/mol. The van der Waals surface area contributed by atoms with Crippen LogP contribution < -0.4 is 10.0 Å². The molecule has 0 bridgehead atoms. The lowest BCUT2D eigenvalue weighted by Gasteiger charge is -2.37. The molecule has 6 nitrogen and oxygen atoms in total. The first-order valence-electron chi connectivity index (χ1n) is 8.97. The van der Waals surface area contributed by atoms with Crippen LogP contribution in [0.1, 0.15) is 64.2 Å². The quantitative estimate of drug-likeness (QED) is 0.820. The maximum absolute atomic E-state index is 12.6. The zero-order valence-electron chi connectivity index (χ0n) is 14.2. The molecule has 0 aromatic carbocycles. The molecule has 0 aromatic heterocycles. The minimum absolute atomic E-state index is 0.0180. The molecule has 2 aliphatic rings. The van der Waals surface area contributed by atoms with Crippen molar-refractivity contribution in [3.63, 3.8) is 0 Å². The molecule has 1 heterocycles. The van der Waals surface area contributed by atoms with Gasteiger partial charge >= 0.3 is 6.03 Å². The molecule has 1 aliphatic carbocycles. The highest BCUT2D eigenvalue weighted by molar-refractivity contribution is 7.88. The van der Waals surface area contributed by atoms with E-state index in [0.717, 1.165) is 38.4 Å². The average Bonchev–Trinajstić information content (AvgIpc) is 2.47. The second kappa shape index (κ2) is 8.87. The number of urea groups is 1. The summed E-state index contributed by atoms with van der Waals surface area (Å²) in [6, 6.07) is 0.218. The summed E-state index contributed by atoms with van der Waals surface area (Å²) in [5.74, 6) is 0. The zero-order valence-corrected chi connectivity index (χ0v) is 15.0. The van der Waals surface area contributed by atoms with Crippen LogP contribution in [0.25, 0.3) is 0 Å². The third kappa shape index (κ3) is 6.67. The summed E-state index contributed by atoms with van der Waals surface area (Å²) in [5.41, 5.74) is 0. The van der Waals surface area contributed by atoms with E-state index in [1.54, 1.807) is 0 Å². The van der Waals surface area contributed by atoms with Gasteiger partial charge < -0.3 is 10.2 Å². The molecule has 2 fully saturated rings. The first kappa shape index (κ1) is 18.5. The number of likely N-dealkylation sites (tertiary alicyclic amines) is 1. The van der Waals surface area contributed by atoms with Gasteiger partial charge in [0.15, 0.2) is 0 Å². The Bertz CT molecular complexity index is 473. The molecular weight excluding hydrogens is 314 g/mol. The molecule has 0 spiro atoms. The van der Waals surface area contributed by atoms with Crippen LogP contribution in [0, 0.1) is 0 Å². The van der Waals surface area contributed by atoms with Gasteiger partial charge in [0.1, 0.15) is 0 Å². The predicted octanol–water partition coefficient (Wildman–Crippen LogP) is 2.21. The highest BCUT2D eigenvalue weighted by Crippen LogP contribution is 2.20. The molecular formula is C16H31N3O3S. The van der Waals surface area contributed by atoms with E-state index in [1.807, 2.05) is 4.90 Å². The largest absolute Gasteiger partial charge is 0.335 e. The Hall–Kier alpha value is -0.820. The normalized spacial score (nSPS) is 24.7. The van der Waals surface area contributed by atoms with Gasteiger partial charge in [-0.15, -0.1) is 0 Å². The Balaban J connectivity index is 1.88. The monoisotopic (exact) mass is 345 g/mol. The number of nitrogens with zero attached hydrogens (tertiary/aromatic N) is 1. The summed E-state index contributed by atoms with van der Waals surface area (Å²) < 4.78 is 25.2. The number of sulfonamides is 1. The number of hydrogen-bond acceptors (Lipinski definition) is 3. The van der Waals surface area contributed by atoms with Gasteiger partial charge in [0.05, 0.1) is 6.26 Å². The Kier molecular flexibility index (Phi) is 7.14.